The van der Waals surface area contributed by atoms with Crippen molar-refractivity contribution in [3.8, 4) is 0 Å². The number of hydrogen-bond acceptors (Lipinski definition) is 2. The Bertz CT molecular complexity index is 394. The third-order valence-electron chi connectivity index (χ3n) is 2.09. The Morgan fingerprint density at radius 2 is 2.43 bits per heavy atom. The number of nitrogens with zero attached hydrogens (tertiary/aromatic N) is 1. The maximum absolute atomic E-state index is 6.29. The molecule has 0 bridgehead atoms. The predicted octanol–water partition coefficient (Wildman–Crippen LogP) is 3.36. The van der Waals surface area contributed by atoms with Gasteiger partial charge in [0.15, 0.2) is 0 Å². The summed E-state index contributed by atoms with van der Waals surface area (Å²) in [6.45, 7) is 2.15. The van der Waals surface area contributed by atoms with E-state index in [9.17, 15) is 0 Å². The molecule has 2 heterocycles. The van der Waals surface area contributed by atoms with E-state index in [0.717, 1.165) is 12.0 Å². The second kappa shape index (κ2) is 4.15. The summed E-state index contributed by atoms with van der Waals surface area (Å²) in [5.41, 5.74) is 1.02. The molecule has 0 radical (unpaired) electrons. The van der Waals surface area contributed by atoms with Crippen LogP contribution in [0.4, 0.5) is 0 Å². The van der Waals surface area contributed by atoms with E-state index in [0.29, 0.717) is 0 Å². The fourth-order valence-electron chi connectivity index (χ4n) is 1.28. The van der Waals surface area contributed by atoms with Gasteiger partial charge in [0, 0.05) is 21.5 Å². The molecule has 2 nitrogen and oxygen atoms in total. The van der Waals surface area contributed by atoms with Crippen LogP contribution in [0, 0.1) is 0 Å². The quantitative estimate of drug-likeness (QED) is 0.799. The zero-order valence-electron chi connectivity index (χ0n) is 7.83. The molecular weight excluding hydrogens is 216 g/mol. The van der Waals surface area contributed by atoms with E-state index < -0.39 is 0 Å². The van der Waals surface area contributed by atoms with E-state index in [-0.39, 0.29) is 5.38 Å². The summed E-state index contributed by atoms with van der Waals surface area (Å²) in [7, 11) is 0. The molecule has 0 fully saturated rings. The van der Waals surface area contributed by atoms with Crippen LogP contribution >= 0.6 is 22.9 Å². The summed E-state index contributed by atoms with van der Waals surface area (Å²) in [6.07, 6.45) is 4.67. The first kappa shape index (κ1) is 9.74. The first-order valence-electron chi connectivity index (χ1n) is 4.52. The number of H-pyrrole nitrogens is 1. The van der Waals surface area contributed by atoms with Crippen molar-refractivity contribution in [1.82, 2.24) is 10.2 Å². The average molecular weight is 227 g/mol. The van der Waals surface area contributed by atoms with Crippen molar-refractivity contribution in [2.75, 3.05) is 0 Å². The van der Waals surface area contributed by atoms with Crippen molar-refractivity contribution < 1.29 is 0 Å². The number of hydrogen-bond donors (Lipinski definition) is 1. The van der Waals surface area contributed by atoms with Gasteiger partial charge in [-0.1, -0.05) is 6.92 Å². The second-order valence-corrected chi connectivity index (χ2v) is 4.69. The number of aryl methyl sites for hydroxylation is 1. The van der Waals surface area contributed by atoms with Crippen LogP contribution in [0.3, 0.4) is 0 Å². The molecule has 0 aliphatic carbocycles. The molecular formula is C10H11ClN2S. The lowest BCUT2D eigenvalue weighted by molar-refractivity contribution is 1.09. The van der Waals surface area contributed by atoms with E-state index in [1.54, 1.807) is 17.5 Å². The highest BCUT2D eigenvalue weighted by molar-refractivity contribution is 7.12. The zero-order valence-corrected chi connectivity index (χ0v) is 9.40. The van der Waals surface area contributed by atoms with Gasteiger partial charge in [0.2, 0.25) is 0 Å². The van der Waals surface area contributed by atoms with Crippen molar-refractivity contribution in [3.05, 3.63) is 39.8 Å². The summed E-state index contributed by atoms with van der Waals surface area (Å²) in [5, 5.41) is 6.59. The van der Waals surface area contributed by atoms with Crippen LogP contribution in [-0.2, 0) is 6.42 Å². The monoisotopic (exact) mass is 226 g/mol. The molecule has 0 saturated heterocycles. The largest absolute Gasteiger partial charge is 0.285 e. The normalized spacial score (nSPS) is 13.0. The number of nitrogens with one attached hydrogen (secondary N) is 1. The molecule has 1 atom stereocenters. The van der Waals surface area contributed by atoms with Crippen molar-refractivity contribution in [3.63, 3.8) is 0 Å². The lowest BCUT2D eigenvalue weighted by atomic mass is 10.2. The summed E-state index contributed by atoms with van der Waals surface area (Å²) in [4.78, 5) is 2.55. The van der Waals surface area contributed by atoms with Crippen molar-refractivity contribution in [2.45, 2.75) is 18.7 Å². The Balaban J connectivity index is 2.23. The maximum Gasteiger partial charge on any atom is 0.0957 e. The fourth-order valence-corrected chi connectivity index (χ4v) is 2.57. The fraction of sp³-hybridized carbons (Fsp3) is 0.300. The van der Waals surface area contributed by atoms with E-state index in [1.165, 1.54) is 9.75 Å². The molecule has 1 unspecified atom stereocenters. The van der Waals surface area contributed by atoms with Crippen LogP contribution in [0.2, 0.25) is 0 Å². The predicted molar refractivity (Wildman–Crippen MR) is 60.0 cm³/mol. The van der Waals surface area contributed by atoms with Gasteiger partial charge in [0.25, 0.3) is 0 Å². The number of aromatic amines is 1. The summed E-state index contributed by atoms with van der Waals surface area (Å²) >= 11 is 8.06. The number of alkyl halides is 1. The lowest BCUT2D eigenvalue weighted by Gasteiger charge is -2.02. The Morgan fingerprint density at radius 3 is 3.00 bits per heavy atom. The Labute approximate surface area is 91.9 Å². The van der Waals surface area contributed by atoms with Gasteiger partial charge in [-0.15, -0.1) is 22.9 Å². The molecule has 0 spiro atoms. The molecule has 74 valence electrons. The van der Waals surface area contributed by atoms with Crippen LogP contribution in [0.15, 0.2) is 24.5 Å². The first-order valence-corrected chi connectivity index (χ1v) is 5.78. The van der Waals surface area contributed by atoms with Crippen molar-refractivity contribution in [1.29, 1.82) is 0 Å². The molecule has 2 rings (SSSR count). The zero-order chi connectivity index (χ0) is 9.97. The standard InChI is InChI=1S/C10H11ClN2S/c1-2-8-3-4-9(14-8)10(11)7-5-12-13-6-7/h3-6,10H,2H2,1H3,(H,12,13). The number of aromatic nitrogens is 2. The minimum Gasteiger partial charge on any atom is -0.285 e. The second-order valence-electron chi connectivity index (χ2n) is 3.05. The average Bonchev–Trinajstić information content (AvgIpc) is 2.88. The highest BCUT2D eigenvalue weighted by Gasteiger charge is 2.13. The van der Waals surface area contributed by atoms with Gasteiger partial charge in [-0.3, -0.25) is 5.10 Å². The highest BCUT2D eigenvalue weighted by atomic mass is 35.5. The summed E-state index contributed by atoms with van der Waals surface area (Å²) in [5.74, 6) is 0. The number of rotatable bonds is 3. The van der Waals surface area contributed by atoms with E-state index in [1.807, 2.05) is 6.20 Å². The Kier molecular flexibility index (Phi) is 2.89. The molecule has 0 aliphatic heterocycles. The van der Waals surface area contributed by atoms with Gasteiger partial charge in [-0.2, -0.15) is 5.10 Å². The van der Waals surface area contributed by atoms with E-state index >= 15 is 0 Å². The summed E-state index contributed by atoms with van der Waals surface area (Å²) < 4.78 is 0. The van der Waals surface area contributed by atoms with E-state index in [4.69, 9.17) is 11.6 Å². The smallest absolute Gasteiger partial charge is 0.0957 e. The topological polar surface area (TPSA) is 28.7 Å². The molecule has 1 N–H and O–H groups in total. The van der Waals surface area contributed by atoms with Crippen LogP contribution in [0.1, 0.15) is 27.6 Å². The summed E-state index contributed by atoms with van der Waals surface area (Å²) in [6, 6.07) is 4.23. The SMILES string of the molecule is CCc1ccc(C(Cl)c2cn[nH]c2)s1. The minimum absolute atomic E-state index is 0.0703. The van der Waals surface area contributed by atoms with Crippen LogP contribution in [0.5, 0.6) is 0 Å². The number of halogens is 1. The molecule has 14 heavy (non-hydrogen) atoms. The molecule has 0 aromatic carbocycles. The van der Waals surface area contributed by atoms with Gasteiger partial charge in [-0.25, -0.2) is 0 Å². The van der Waals surface area contributed by atoms with Gasteiger partial charge >= 0.3 is 0 Å². The lowest BCUT2D eigenvalue weighted by Crippen LogP contribution is -1.86. The minimum atomic E-state index is -0.0703. The van der Waals surface area contributed by atoms with Crippen molar-refractivity contribution in [2.24, 2.45) is 0 Å². The Hall–Kier alpha value is -0.800. The maximum atomic E-state index is 6.29. The molecule has 4 heteroatoms. The molecule has 0 amide bonds. The van der Waals surface area contributed by atoms with Crippen LogP contribution in [-0.4, -0.2) is 10.2 Å². The third kappa shape index (κ3) is 1.83. The van der Waals surface area contributed by atoms with E-state index in [2.05, 4.69) is 29.3 Å². The van der Waals surface area contributed by atoms with Crippen LogP contribution < -0.4 is 0 Å². The van der Waals surface area contributed by atoms with Crippen LogP contribution in [0.25, 0.3) is 0 Å². The van der Waals surface area contributed by atoms with Gasteiger partial charge in [0.05, 0.1) is 11.6 Å². The third-order valence-corrected chi connectivity index (χ3v) is 4.00. The molecule has 2 aromatic rings. The van der Waals surface area contributed by atoms with Gasteiger partial charge < -0.3 is 0 Å². The van der Waals surface area contributed by atoms with Crippen molar-refractivity contribution >= 4 is 22.9 Å². The van der Waals surface area contributed by atoms with Gasteiger partial charge in [-0.05, 0) is 18.6 Å². The highest BCUT2D eigenvalue weighted by Crippen LogP contribution is 2.33. The van der Waals surface area contributed by atoms with Gasteiger partial charge in [0.1, 0.15) is 0 Å². The number of thiophene rings is 1. The first-order chi connectivity index (χ1) is 6.81. The Morgan fingerprint density at radius 1 is 1.57 bits per heavy atom. The molecule has 0 aliphatic rings. The molecule has 0 saturated carbocycles. The molecule has 2 aromatic heterocycles.